The Bertz CT molecular complexity index is 657. The van der Waals surface area contributed by atoms with Crippen molar-refractivity contribution in [3.05, 3.63) is 23.8 Å². The molecular formula is C22H35NO5. The van der Waals surface area contributed by atoms with Crippen LogP contribution in [0.5, 0.6) is 5.75 Å². The van der Waals surface area contributed by atoms with Gasteiger partial charge < -0.3 is 19.5 Å². The number of esters is 1. The molecule has 1 aromatic carbocycles. The fourth-order valence-corrected chi connectivity index (χ4v) is 3.33. The maximum atomic E-state index is 13.2. The summed E-state index contributed by atoms with van der Waals surface area (Å²) < 4.78 is 16.3. The van der Waals surface area contributed by atoms with Crippen molar-refractivity contribution in [1.29, 1.82) is 0 Å². The molecule has 0 radical (unpaired) electrons. The molecule has 0 aliphatic heterocycles. The minimum atomic E-state index is -0.930. The number of hydrogen-bond donors (Lipinski definition) is 1. The molecular weight excluding hydrogens is 358 g/mol. The monoisotopic (exact) mass is 393 g/mol. The van der Waals surface area contributed by atoms with Crippen LogP contribution in [0, 0.1) is 11.8 Å². The Labute approximate surface area is 168 Å². The van der Waals surface area contributed by atoms with E-state index in [2.05, 4.69) is 33.0 Å². The molecule has 0 spiro atoms. The van der Waals surface area contributed by atoms with Gasteiger partial charge in [0.05, 0.1) is 13.2 Å². The van der Waals surface area contributed by atoms with Crippen molar-refractivity contribution < 1.29 is 23.8 Å². The lowest BCUT2D eigenvalue weighted by molar-refractivity contribution is -0.142. The van der Waals surface area contributed by atoms with Crippen LogP contribution in [0.15, 0.2) is 18.2 Å². The van der Waals surface area contributed by atoms with Crippen LogP contribution in [0.4, 0.5) is 5.69 Å². The molecule has 0 atom stereocenters. The average Bonchev–Trinajstić information content (AvgIpc) is 2.60. The molecule has 1 rings (SSSR count). The lowest BCUT2D eigenvalue weighted by Gasteiger charge is -2.34. The molecule has 6 nitrogen and oxygen atoms in total. The molecule has 0 fully saturated rings. The number of benzene rings is 1. The van der Waals surface area contributed by atoms with Gasteiger partial charge in [0.2, 0.25) is 0 Å². The molecule has 28 heavy (non-hydrogen) atoms. The van der Waals surface area contributed by atoms with Crippen molar-refractivity contribution in [1.82, 2.24) is 0 Å². The van der Waals surface area contributed by atoms with Gasteiger partial charge >= 0.3 is 5.97 Å². The van der Waals surface area contributed by atoms with Crippen molar-refractivity contribution >= 4 is 17.6 Å². The van der Waals surface area contributed by atoms with Gasteiger partial charge in [-0.1, -0.05) is 27.7 Å². The van der Waals surface area contributed by atoms with Crippen LogP contribution < -0.4 is 10.1 Å². The molecule has 158 valence electrons. The summed E-state index contributed by atoms with van der Waals surface area (Å²) in [4.78, 5) is 25.3. The van der Waals surface area contributed by atoms with E-state index < -0.39 is 11.6 Å². The normalized spacial score (nSPS) is 11.8. The van der Waals surface area contributed by atoms with Gasteiger partial charge in [0.1, 0.15) is 16.9 Å². The standard InChI is InChI=1S/C22H35NO5/c1-14(2)12-22(27-8,13-15(3)4)21(25)23-17-9-10-19(28-16(5)6)18(11-17)20(24)26-7/h9-11,14-16H,12-13H2,1-8H3,(H,23,25). The van der Waals surface area contributed by atoms with E-state index in [1.165, 1.54) is 7.11 Å². The molecule has 0 unspecified atom stereocenters. The fraction of sp³-hybridized carbons (Fsp3) is 0.636. The molecule has 0 aliphatic carbocycles. The van der Waals surface area contributed by atoms with E-state index in [9.17, 15) is 9.59 Å². The number of methoxy groups -OCH3 is 2. The summed E-state index contributed by atoms with van der Waals surface area (Å²) in [6.07, 6.45) is 1.11. The maximum Gasteiger partial charge on any atom is 0.341 e. The van der Waals surface area contributed by atoms with Gasteiger partial charge in [-0.2, -0.15) is 0 Å². The predicted octanol–water partition coefficient (Wildman–Crippen LogP) is 4.68. The number of amides is 1. The zero-order chi connectivity index (χ0) is 21.5. The predicted molar refractivity (Wildman–Crippen MR) is 111 cm³/mol. The number of rotatable bonds is 10. The first-order chi connectivity index (χ1) is 13.0. The second-order valence-electron chi connectivity index (χ2n) is 8.22. The summed E-state index contributed by atoms with van der Waals surface area (Å²) in [7, 11) is 2.89. The average molecular weight is 394 g/mol. The molecule has 0 saturated heterocycles. The quantitative estimate of drug-likeness (QED) is 0.585. The molecule has 0 bridgehead atoms. The summed E-state index contributed by atoms with van der Waals surface area (Å²) >= 11 is 0. The molecule has 0 aliphatic rings. The number of hydrogen-bond acceptors (Lipinski definition) is 5. The van der Waals surface area contributed by atoms with Crippen molar-refractivity contribution in [2.24, 2.45) is 11.8 Å². The first kappa shape index (κ1) is 24.0. The third kappa shape index (κ3) is 6.51. The van der Waals surface area contributed by atoms with Gasteiger partial charge in [0.25, 0.3) is 5.91 Å². The minimum Gasteiger partial charge on any atom is -0.490 e. The highest BCUT2D eigenvalue weighted by molar-refractivity contribution is 5.99. The van der Waals surface area contributed by atoms with E-state index >= 15 is 0 Å². The summed E-state index contributed by atoms with van der Waals surface area (Å²) in [5.74, 6) is 0.260. The SMILES string of the molecule is COC(=O)c1cc(NC(=O)C(CC(C)C)(CC(C)C)OC)ccc1OC(C)C. The molecule has 6 heteroatoms. The first-order valence-corrected chi connectivity index (χ1v) is 9.80. The van der Waals surface area contributed by atoms with E-state index in [0.717, 1.165) is 0 Å². The van der Waals surface area contributed by atoms with Gasteiger partial charge in [-0.15, -0.1) is 0 Å². The largest absolute Gasteiger partial charge is 0.490 e. The van der Waals surface area contributed by atoms with Gasteiger partial charge in [0, 0.05) is 12.8 Å². The zero-order valence-corrected chi connectivity index (χ0v) is 18.4. The van der Waals surface area contributed by atoms with E-state index in [1.807, 2.05) is 13.8 Å². The fourth-order valence-electron chi connectivity index (χ4n) is 3.33. The molecule has 0 heterocycles. The number of carbonyl (C=O) groups is 2. The number of nitrogens with one attached hydrogen (secondary N) is 1. The van der Waals surface area contributed by atoms with Crippen molar-refractivity contribution in [2.45, 2.75) is 66.1 Å². The Morgan fingerprint density at radius 2 is 1.57 bits per heavy atom. The summed E-state index contributed by atoms with van der Waals surface area (Å²) in [6, 6.07) is 4.96. The Hall–Kier alpha value is -2.08. The van der Waals surface area contributed by atoms with Crippen LogP contribution in [0.1, 0.15) is 64.7 Å². The summed E-state index contributed by atoms with van der Waals surface area (Å²) in [6.45, 7) is 12.0. The van der Waals surface area contributed by atoms with Crippen molar-refractivity contribution in [3.8, 4) is 5.75 Å². The third-order valence-electron chi connectivity index (χ3n) is 4.29. The Morgan fingerprint density at radius 1 is 1.00 bits per heavy atom. The topological polar surface area (TPSA) is 73.9 Å². The van der Waals surface area contributed by atoms with Crippen LogP contribution in [0.25, 0.3) is 0 Å². The number of anilines is 1. The highest BCUT2D eigenvalue weighted by atomic mass is 16.5. The second-order valence-corrected chi connectivity index (χ2v) is 8.22. The van der Waals surface area contributed by atoms with Crippen LogP contribution in [-0.2, 0) is 14.3 Å². The van der Waals surface area contributed by atoms with E-state index in [0.29, 0.717) is 24.3 Å². The van der Waals surface area contributed by atoms with Crippen LogP contribution in [0.2, 0.25) is 0 Å². The number of carbonyl (C=O) groups excluding carboxylic acids is 2. The van der Waals surface area contributed by atoms with Gasteiger partial charge in [0.15, 0.2) is 0 Å². The highest BCUT2D eigenvalue weighted by Crippen LogP contribution is 2.31. The van der Waals surface area contributed by atoms with Gasteiger partial charge in [-0.3, -0.25) is 4.79 Å². The van der Waals surface area contributed by atoms with Gasteiger partial charge in [-0.05, 0) is 56.7 Å². The van der Waals surface area contributed by atoms with Crippen molar-refractivity contribution in [3.63, 3.8) is 0 Å². The van der Waals surface area contributed by atoms with E-state index in [-0.39, 0.29) is 29.4 Å². The van der Waals surface area contributed by atoms with Crippen LogP contribution in [-0.4, -0.2) is 37.8 Å². The van der Waals surface area contributed by atoms with E-state index in [1.54, 1.807) is 25.3 Å². The second kappa shape index (κ2) is 10.5. The summed E-state index contributed by atoms with van der Waals surface area (Å²) in [5.41, 5.74) is -0.166. The lowest BCUT2D eigenvalue weighted by atomic mass is 9.84. The molecule has 0 saturated carbocycles. The Morgan fingerprint density at radius 3 is 2.00 bits per heavy atom. The molecule has 1 N–H and O–H groups in total. The Kier molecular flexibility index (Phi) is 8.95. The summed E-state index contributed by atoms with van der Waals surface area (Å²) in [5, 5.41) is 2.92. The highest BCUT2D eigenvalue weighted by Gasteiger charge is 2.39. The lowest BCUT2D eigenvalue weighted by Crippen LogP contribution is -2.47. The smallest absolute Gasteiger partial charge is 0.341 e. The van der Waals surface area contributed by atoms with E-state index in [4.69, 9.17) is 14.2 Å². The molecule has 1 aromatic rings. The van der Waals surface area contributed by atoms with Gasteiger partial charge in [-0.25, -0.2) is 4.79 Å². The number of ether oxygens (including phenoxy) is 3. The minimum absolute atomic E-state index is 0.0953. The molecule has 1 amide bonds. The maximum absolute atomic E-state index is 13.2. The molecule has 0 aromatic heterocycles. The van der Waals surface area contributed by atoms with Crippen LogP contribution in [0.3, 0.4) is 0 Å². The van der Waals surface area contributed by atoms with Crippen LogP contribution >= 0.6 is 0 Å². The Balaban J connectivity index is 3.21. The third-order valence-corrected chi connectivity index (χ3v) is 4.29. The zero-order valence-electron chi connectivity index (χ0n) is 18.4. The van der Waals surface area contributed by atoms with Crippen molar-refractivity contribution in [2.75, 3.05) is 19.5 Å². The first-order valence-electron chi connectivity index (χ1n) is 9.80.